The fourth-order valence-corrected chi connectivity index (χ4v) is 2.98. The molecular weight excluding hydrogens is 392 g/mol. The average Bonchev–Trinajstić information content (AvgIpc) is 2.75. The summed E-state index contributed by atoms with van der Waals surface area (Å²) in [5, 5.41) is 4.02. The van der Waals surface area contributed by atoms with E-state index >= 15 is 0 Å². The number of rotatable bonds is 11. The van der Waals surface area contributed by atoms with E-state index in [9.17, 15) is 4.79 Å². The van der Waals surface area contributed by atoms with Crippen LogP contribution in [0.1, 0.15) is 58.1 Å². The molecule has 0 radical (unpaired) electrons. The maximum atomic E-state index is 12.1. The topological polar surface area (TPSA) is 69.2 Å². The lowest BCUT2D eigenvalue weighted by Gasteiger charge is -2.22. The van der Waals surface area contributed by atoms with Crippen molar-refractivity contribution in [2.45, 2.75) is 52.4 Å². The first kappa shape index (κ1) is 24.3. The molecule has 2 aromatic carbocycles. The standard InChI is InChI=1S/C25H34N2O4/c1-6-7-10-15-30-22-14-13-19(16-23(22)29-5)17-26-27-24(28)18-31-21-12-9-8-11-20(21)25(2,3)4/h8-9,11-14,16-17H,6-7,10,15,18H2,1-5H3,(H,27,28)/b26-17+. The molecule has 168 valence electrons. The lowest BCUT2D eigenvalue weighted by molar-refractivity contribution is -0.123. The van der Waals surface area contributed by atoms with E-state index in [4.69, 9.17) is 14.2 Å². The van der Waals surface area contributed by atoms with E-state index in [1.165, 1.54) is 0 Å². The van der Waals surface area contributed by atoms with Gasteiger partial charge < -0.3 is 14.2 Å². The molecule has 0 unspecified atom stereocenters. The summed E-state index contributed by atoms with van der Waals surface area (Å²) in [5.74, 6) is 1.70. The minimum absolute atomic E-state index is 0.0733. The van der Waals surface area contributed by atoms with Crippen LogP contribution < -0.4 is 19.6 Å². The summed E-state index contributed by atoms with van der Waals surface area (Å²) in [6.45, 7) is 9.02. The molecule has 6 nitrogen and oxygen atoms in total. The molecule has 0 spiro atoms. The number of methoxy groups -OCH3 is 1. The smallest absolute Gasteiger partial charge is 0.277 e. The van der Waals surface area contributed by atoms with Gasteiger partial charge in [-0.1, -0.05) is 58.7 Å². The number of nitrogens with one attached hydrogen (secondary N) is 1. The fraction of sp³-hybridized carbons (Fsp3) is 0.440. The lowest BCUT2D eigenvalue weighted by atomic mass is 9.86. The number of carbonyl (C=O) groups excluding carboxylic acids is 1. The second-order valence-corrected chi connectivity index (χ2v) is 8.29. The maximum absolute atomic E-state index is 12.1. The van der Waals surface area contributed by atoms with Crippen molar-refractivity contribution < 1.29 is 19.0 Å². The first-order valence-corrected chi connectivity index (χ1v) is 10.7. The molecule has 2 rings (SSSR count). The van der Waals surface area contributed by atoms with Crippen LogP contribution in [-0.2, 0) is 10.2 Å². The van der Waals surface area contributed by atoms with Crippen molar-refractivity contribution in [2.24, 2.45) is 5.10 Å². The van der Waals surface area contributed by atoms with E-state index in [-0.39, 0.29) is 17.9 Å². The number of amides is 1. The highest BCUT2D eigenvalue weighted by Gasteiger charge is 2.18. The molecular formula is C25H34N2O4. The first-order chi connectivity index (χ1) is 14.8. The van der Waals surface area contributed by atoms with Gasteiger partial charge in [0.2, 0.25) is 0 Å². The molecule has 0 bridgehead atoms. The van der Waals surface area contributed by atoms with E-state index < -0.39 is 0 Å². The van der Waals surface area contributed by atoms with Crippen LogP contribution in [0.3, 0.4) is 0 Å². The molecule has 1 N–H and O–H groups in total. The number of hydrogen-bond donors (Lipinski definition) is 1. The average molecular weight is 427 g/mol. The number of hydrogen-bond acceptors (Lipinski definition) is 5. The minimum Gasteiger partial charge on any atom is -0.493 e. The minimum atomic E-state index is -0.331. The SMILES string of the molecule is CCCCCOc1ccc(/C=N/NC(=O)COc2ccccc2C(C)(C)C)cc1OC. The normalized spacial score (nSPS) is 11.4. The molecule has 1 amide bonds. The Morgan fingerprint density at radius 2 is 1.81 bits per heavy atom. The Hall–Kier alpha value is -3.02. The van der Waals surface area contributed by atoms with Gasteiger partial charge in [0.25, 0.3) is 5.91 Å². The number of unbranched alkanes of at least 4 members (excludes halogenated alkanes) is 2. The van der Waals surface area contributed by atoms with Crippen molar-refractivity contribution in [3.8, 4) is 17.2 Å². The van der Waals surface area contributed by atoms with Crippen LogP contribution in [0.15, 0.2) is 47.6 Å². The van der Waals surface area contributed by atoms with Crippen LogP contribution in [0.25, 0.3) is 0 Å². The van der Waals surface area contributed by atoms with Gasteiger partial charge >= 0.3 is 0 Å². The summed E-state index contributed by atoms with van der Waals surface area (Å²) < 4.78 is 16.9. The third-order valence-corrected chi connectivity index (χ3v) is 4.65. The van der Waals surface area contributed by atoms with E-state index in [1.807, 2.05) is 42.5 Å². The number of benzene rings is 2. The predicted molar refractivity (Wildman–Crippen MR) is 124 cm³/mol. The van der Waals surface area contributed by atoms with Gasteiger partial charge in [0, 0.05) is 0 Å². The summed E-state index contributed by atoms with van der Waals surface area (Å²) in [6.07, 6.45) is 4.86. The molecule has 0 fully saturated rings. The van der Waals surface area contributed by atoms with Crippen molar-refractivity contribution in [1.82, 2.24) is 5.43 Å². The number of para-hydroxylation sites is 1. The van der Waals surface area contributed by atoms with Crippen LogP contribution >= 0.6 is 0 Å². The van der Waals surface area contributed by atoms with E-state index in [0.717, 1.165) is 30.4 Å². The highest BCUT2D eigenvalue weighted by atomic mass is 16.5. The molecule has 2 aromatic rings. The monoisotopic (exact) mass is 426 g/mol. The van der Waals surface area contributed by atoms with Crippen LogP contribution in [0.2, 0.25) is 0 Å². The molecule has 0 heterocycles. The first-order valence-electron chi connectivity index (χ1n) is 10.7. The number of carbonyl (C=O) groups is 1. The second-order valence-electron chi connectivity index (χ2n) is 8.29. The van der Waals surface area contributed by atoms with Gasteiger partial charge in [0.1, 0.15) is 5.75 Å². The zero-order valence-electron chi connectivity index (χ0n) is 19.2. The van der Waals surface area contributed by atoms with Crippen molar-refractivity contribution in [3.63, 3.8) is 0 Å². The fourth-order valence-electron chi connectivity index (χ4n) is 2.98. The molecule has 0 saturated carbocycles. The zero-order valence-corrected chi connectivity index (χ0v) is 19.2. The molecule has 0 atom stereocenters. The molecule has 0 aliphatic heterocycles. The van der Waals surface area contributed by atoms with E-state index in [1.54, 1.807) is 13.3 Å². The van der Waals surface area contributed by atoms with Crippen LogP contribution in [0.5, 0.6) is 17.2 Å². The Balaban J connectivity index is 1.89. The summed E-state index contributed by atoms with van der Waals surface area (Å²) in [4.78, 5) is 12.1. The third-order valence-electron chi connectivity index (χ3n) is 4.65. The lowest BCUT2D eigenvalue weighted by Crippen LogP contribution is -2.25. The molecule has 0 saturated heterocycles. The zero-order chi connectivity index (χ0) is 22.7. The van der Waals surface area contributed by atoms with Gasteiger partial charge in [-0.15, -0.1) is 0 Å². The van der Waals surface area contributed by atoms with Gasteiger partial charge in [0.05, 0.1) is 19.9 Å². The van der Waals surface area contributed by atoms with Gasteiger partial charge in [-0.05, 0) is 47.2 Å². The van der Waals surface area contributed by atoms with Gasteiger partial charge in [0.15, 0.2) is 18.1 Å². The van der Waals surface area contributed by atoms with Gasteiger partial charge in [-0.2, -0.15) is 5.10 Å². The Bertz CT molecular complexity index is 872. The van der Waals surface area contributed by atoms with Crippen molar-refractivity contribution in [1.29, 1.82) is 0 Å². The van der Waals surface area contributed by atoms with Crippen LogP contribution in [-0.4, -0.2) is 32.4 Å². The molecule has 0 aromatic heterocycles. The summed E-state index contributed by atoms with van der Waals surface area (Å²) >= 11 is 0. The molecule has 0 aliphatic carbocycles. The Kier molecular flexibility index (Phi) is 9.38. The number of hydrazone groups is 1. The van der Waals surface area contributed by atoms with Gasteiger partial charge in [-0.3, -0.25) is 4.79 Å². The second kappa shape index (κ2) is 12.0. The highest BCUT2D eigenvalue weighted by molar-refractivity contribution is 5.83. The maximum Gasteiger partial charge on any atom is 0.277 e. The van der Waals surface area contributed by atoms with Crippen LogP contribution in [0, 0.1) is 0 Å². The molecule has 0 aliphatic rings. The predicted octanol–water partition coefficient (Wildman–Crippen LogP) is 5.09. The largest absolute Gasteiger partial charge is 0.493 e. The summed E-state index contributed by atoms with van der Waals surface area (Å²) in [5.41, 5.74) is 4.26. The number of nitrogens with zero attached hydrogens (tertiary/aromatic N) is 1. The number of ether oxygens (including phenoxy) is 3. The van der Waals surface area contributed by atoms with Crippen molar-refractivity contribution >= 4 is 12.1 Å². The Labute approximate surface area is 185 Å². The van der Waals surface area contributed by atoms with Gasteiger partial charge in [-0.25, -0.2) is 5.43 Å². The van der Waals surface area contributed by atoms with E-state index in [0.29, 0.717) is 23.9 Å². The van der Waals surface area contributed by atoms with Crippen molar-refractivity contribution in [3.05, 3.63) is 53.6 Å². The Morgan fingerprint density at radius 3 is 2.52 bits per heavy atom. The van der Waals surface area contributed by atoms with Crippen molar-refractivity contribution in [2.75, 3.05) is 20.3 Å². The van der Waals surface area contributed by atoms with E-state index in [2.05, 4.69) is 38.2 Å². The Morgan fingerprint density at radius 1 is 1.03 bits per heavy atom. The molecule has 31 heavy (non-hydrogen) atoms. The third kappa shape index (κ3) is 7.96. The molecule has 6 heteroatoms. The quantitative estimate of drug-likeness (QED) is 0.309. The van der Waals surface area contributed by atoms with Crippen LogP contribution in [0.4, 0.5) is 0 Å². The summed E-state index contributed by atoms with van der Waals surface area (Å²) in [6, 6.07) is 13.3. The summed E-state index contributed by atoms with van der Waals surface area (Å²) in [7, 11) is 1.60. The highest BCUT2D eigenvalue weighted by Crippen LogP contribution is 2.31.